The first-order valence-corrected chi connectivity index (χ1v) is 12.4. The predicted octanol–water partition coefficient (Wildman–Crippen LogP) is 9.22. The summed E-state index contributed by atoms with van der Waals surface area (Å²) in [5.41, 5.74) is 8.93. The Hall–Kier alpha value is -4.72. The topological polar surface area (TPSA) is 37.5 Å². The van der Waals surface area contributed by atoms with Gasteiger partial charge in [-0.1, -0.05) is 91.0 Å². The molecule has 3 nitrogen and oxygen atoms in total. The van der Waals surface area contributed by atoms with Gasteiger partial charge in [0.05, 0.1) is 22.4 Å². The van der Waals surface area contributed by atoms with Crippen LogP contribution in [-0.4, -0.2) is 10.1 Å². The molecular formula is C32H20N2OS. The number of aromatic hydroxyl groups is 1. The molecule has 0 aliphatic rings. The Morgan fingerprint density at radius 2 is 1.22 bits per heavy atom. The molecule has 0 radical (unpaired) electrons. The van der Waals surface area contributed by atoms with Gasteiger partial charge in [0, 0.05) is 5.56 Å². The van der Waals surface area contributed by atoms with Crippen molar-refractivity contribution in [3.63, 3.8) is 0 Å². The van der Waals surface area contributed by atoms with E-state index in [0.29, 0.717) is 5.69 Å². The summed E-state index contributed by atoms with van der Waals surface area (Å²) in [7, 11) is 0. The SMILES string of the molecule is [C-]#[N+]c1ccc(-c2ccc(-c3cc(-c4ccccc4)c4nc(-c5ccccc5O)sc4c3)cc2)cc1. The van der Waals surface area contributed by atoms with Gasteiger partial charge >= 0.3 is 0 Å². The zero-order chi connectivity index (χ0) is 24.5. The number of phenols is 1. The predicted molar refractivity (Wildman–Crippen MR) is 149 cm³/mol. The van der Waals surface area contributed by atoms with Crippen molar-refractivity contribution in [2.75, 3.05) is 0 Å². The highest BCUT2D eigenvalue weighted by atomic mass is 32.1. The van der Waals surface area contributed by atoms with Crippen LogP contribution in [0, 0.1) is 6.57 Å². The number of nitrogens with zero attached hydrogens (tertiary/aromatic N) is 2. The monoisotopic (exact) mass is 480 g/mol. The standard InChI is InChI=1S/C32H20N2OS/c1-33-26-17-15-22(16-18-26)21-11-13-23(14-12-21)25-19-28(24-7-3-2-4-8-24)31-30(20-25)36-32(34-31)27-9-5-6-10-29(27)35/h2-20,35H. The van der Waals surface area contributed by atoms with E-state index in [2.05, 4.69) is 53.4 Å². The van der Waals surface area contributed by atoms with Crippen molar-refractivity contribution in [1.82, 2.24) is 4.98 Å². The molecule has 36 heavy (non-hydrogen) atoms. The molecule has 1 aromatic heterocycles. The van der Waals surface area contributed by atoms with Crippen molar-refractivity contribution in [3.8, 4) is 49.7 Å². The number of benzene rings is 5. The minimum atomic E-state index is 0.234. The number of phenolic OH excluding ortho intramolecular Hbond substituents is 1. The van der Waals surface area contributed by atoms with E-state index in [0.717, 1.165) is 54.2 Å². The summed E-state index contributed by atoms with van der Waals surface area (Å²) in [5.74, 6) is 0.234. The van der Waals surface area contributed by atoms with Crippen LogP contribution in [-0.2, 0) is 0 Å². The minimum Gasteiger partial charge on any atom is -0.507 e. The fourth-order valence-corrected chi connectivity index (χ4v) is 5.45. The number of aromatic nitrogens is 1. The first kappa shape index (κ1) is 21.8. The van der Waals surface area contributed by atoms with Gasteiger partial charge in [0.2, 0.25) is 0 Å². The van der Waals surface area contributed by atoms with Gasteiger partial charge in [-0.3, -0.25) is 0 Å². The highest BCUT2D eigenvalue weighted by Crippen LogP contribution is 2.41. The van der Waals surface area contributed by atoms with E-state index in [1.807, 2.05) is 60.7 Å². The van der Waals surface area contributed by atoms with Crippen LogP contribution < -0.4 is 0 Å². The molecule has 0 aliphatic carbocycles. The summed E-state index contributed by atoms with van der Waals surface area (Å²) in [6.45, 7) is 7.15. The van der Waals surface area contributed by atoms with Crippen molar-refractivity contribution in [2.24, 2.45) is 0 Å². The smallest absolute Gasteiger partial charge is 0.187 e. The molecule has 6 rings (SSSR count). The van der Waals surface area contributed by atoms with Crippen LogP contribution >= 0.6 is 11.3 Å². The van der Waals surface area contributed by atoms with E-state index in [9.17, 15) is 5.11 Å². The normalized spacial score (nSPS) is 10.9. The first-order chi connectivity index (χ1) is 17.7. The maximum Gasteiger partial charge on any atom is 0.187 e. The van der Waals surface area contributed by atoms with Gasteiger partial charge in [0.15, 0.2) is 5.69 Å². The van der Waals surface area contributed by atoms with Crippen LogP contribution in [0.5, 0.6) is 5.75 Å². The van der Waals surface area contributed by atoms with Crippen LogP contribution in [0.3, 0.4) is 0 Å². The van der Waals surface area contributed by atoms with Gasteiger partial charge in [-0.25, -0.2) is 9.83 Å². The van der Waals surface area contributed by atoms with E-state index < -0.39 is 0 Å². The highest BCUT2D eigenvalue weighted by molar-refractivity contribution is 7.21. The number of hydrogen-bond donors (Lipinski definition) is 1. The van der Waals surface area contributed by atoms with Gasteiger partial charge < -0.3 is 5.11 Å². The van der Waals surface area contributed by atoms with Crippen LogP contribution in [0.1, 0.15) is 0 Å². The Morgan fingerprint density at radius 3 is 1.89 bits per heavy atom. The lowest BCUT2D eigenvalue weighted by molar-refractivity contribution is 0.477. The number of fused-ring (bicyclic) bond motifs is 1. The van der Waals surface area contributed by atoms with Gasteiger partial charge in [0.25, 0.3) is 0 Å². The van der Waals surface area contributed by atoms with Gasteiger partial charge in [-0.15, -0.1) is 11.3 Å². The quantitative estimate of drug-likeness (QED) is 0.255. The molecule has 5 aromatic carbocycles. The molecule has 6 aromatic rings. The minimum absolute atomic E-state index is 0.234. The Kier molecular flexibility index (Phi) is 5.53. The van der Waals surface area contributed by atoms with Crippen LogP contribution in [0.15, 0.2) is 115 Å². The molecule has 0 aliphatic heterocycles. The lowest BCUT2D eigenvalue weighted by Gasteiger charge is -2.09. The summed E-state index contributed by atoms with van der Waals surface area (Å²) in [4.78, 5) is 8.44. The lowest BCUT2D eigenvalue weighted by atomic mass is 9.96. The summed E-state index contributed by atoms with van der Waals surface area (Å²) in [6.07, 6.45) is 0. The molecule has 0 fully saturated rings. The highest BCUT2D eigenvalue weighted by Gasteiger charge is 2.15. The second-order valence-electron chi connectivity index (χ2n) is 8.51. The molecule has 0 unspecified atom stereocenters. The largest absolute Gasteiger partial charge is 0.507 e. The van der Waals surface area contributed by atoms with E-state index >= 15 is 0 Å². The fourth-order valence-electron chi connectivity index (χ4n) is 4.39. The Bertz CT molecular complexity index is 1730. The molecular weight excluding hydrogens is 460 g/mol. The molecule has 1 heterocycles. The number of para-hydroxylation sites is 1. The molecule has 170 valence electrons. The molecule has 1 N–H and O–H groups in total. The average Bonchev–Trinajstić information content (AvgIpc) is 3.37. The summed E-state index contributed by atoms with van der Waals surface area (Å²) < 4.78 is 1.07. The van der Waals surface area contributed by atoms with Gasteiger partial charge in [-0.05, 0) is 52.1 Å². The van der Waals surface area contributed by atoms with E-state index in [4.69, 9.17) is 11.6 Å². The summed E-state index contributed by atoms with van der Waals surface area (Å²) >= 11 is 1.59. The Morgan fingerprint density at radius 1 is 0.611 bits per heavy atom. The summed E-state index contributed by atoms with van der Waals surface area (Å²) in [5, 5.41) is 11.2. The van der Waals surface area contributed by atoms with Gasteiger partial charge in [0.1, 0.15) is 10.8 Å². The number of thiazole rings is 1. The summed E-state index contributed by atoms with van der Waals surface area (Å²) in [6, 6.07) is 38.2. The second-order valence-corrected chi connectivity index (χ2v) is 9.54. The maximum absolute atomic E-state index is 10.4. The van der Waals surface area contributed by atoms with Crippen LogP contribution in [0.2, 0.25) is 0 Å². The Labute approximate surface area is 213 Å². The molecule has 0 atom stereocenters. The third-order valence-electron chi connectivity index (χ3n) is 6.26. The van der Waals surface area contributed by atoms with E-state index in [1.165, 1.54) is 0 Å². The average molecular weight is 481 g/mol. The van der Waals surface area contributed by atoms with Crippen molar-refractivity contribution in [1.29, 1.82) is 0 Å². The van der Waals surface area contributed by atoms with Gasteiger partial charge in [-0.2, -0.15) is 0 Å². The van der Waals surface area contributed by atoms with Crippen molar-refractivity contribution in [3.05, 3.63) is 127 Å². The molecule has 0 saturated carbocycles. The first-order valence-electron chi connectivity index (χ1n) is 11.6. The van der Waals surface area contributed by atoms with Crippen LogP contribution in [0.4, 0.5) is 5.69 Å². The molecule has 0 amide bonds. The van der Waals surface area contributed by atoms with E-state index in [1.54, 1.807) is 17.4 Å². The zero-order valence-electron chi connectivity index (χ0n) is 19.2. The van der Waals surface area contributed by atoms with E-state index in [-0.39, 0.29) is 5.75 Å². The molecule has 0 bridgehead atoms. The zero-order valence-corrected chi connectivity index (χ0v) is 20.0. The maximum atomic E-state index is 10.4. The van der Waals surface area contributed by atoms with Crippen molar-refractivity contribution in [2.45, 2.75) is 0 Å². The third-order valence-corrected chi connectivity index (χ3v) is 7.30. The molecule has 0 spiro atoms. The van der Waals surface area contributed by atoms with Crippen molar-refractivity contribution < 1.29 is 5.11 Å². The molecule has 0 saturated heterocycles. The van der Waals surface area contributed by atoms with Crippen molar-refractivity contribution >= 4 is 27.2 Å². The fraction of sp³-hybridized carbons (Fsp3) is 0. The Balaban J connectivity index is 1.47. The third kappa shape index (κ3) is 4.02. The lowest BCUT2D eigenvalue weighted by Crippen LogP contribution is -1.85. The van der Waals surface area contributed by atoms with Crippen LogP contribution in [0.25, 0.3) is 59.0 Å². The second kappa shape index (κ2) is 9.14. The molecule has 4 heteroatoms. The number of hydrogen-bond acceptors (Lipinski definition) is 3. The number of rotatable bonds is 4.